The number of amides is 3. The minimum Gasteiger partial charge on any atom is -0.344 e. The lowest BCUT2D eigenvalue weighted by Crippen LogP contribution is -2.52. The van der Waals surface area contributed by atoms with Crippen LogP contribution in [-0.2, 0) is 27.0 Å². The van der Waals surface area contributed by atoms with E-state index in [1.165, 1.54) is 24.0 Å². The van der Waals surface area contributed by atoms with Gasteiger partial charge in [0.15, 0.2) is 0 Å². The number of aromatic nitrogens is 1. The number of carbonyl (C=O) groups excluding carboxylic acids is 3. The van der Waals surface area contributed by atoms with Crippen LogP contribution in [0, 0.1) is 0 Å². The predicted octanol–water partition coefficient (Wildman–Crippen LogP) is 3.10. The number of nitrogens with one attached hydrogen (secondary N) is 2. The number of fused-ring (bicyclic) bond motifs is 1. The van der Waals surface area contributed by atoms with E-state index in [9.17, 15) is 27.6 Å². The monoisotopic (exact) mass is 523 g/mol. The van der Waals surface area contributed by atoms with Gasteiger partial charge in [-0.2, -0.15) is 13.2 Å². The van der Waals surface area contributed by atoms with Crippen LogP contribution in [0.2, 0.25) is 0 Å². The number of likely N-dealkylation sites (N-methyl/N-ethyl adjacent to an activating group) is 1. The number of nitrogens with zero attached hydrogens (tertiary/aromatic N) is 3. The van der Waals surface area contributed by atoms with Crippen molar-refractivity contribution in [3.05, 3.63) is 95.3 Å². The highest BCUT2D eigenvalue weighted by atomic mass is 19.4. The molecule has 2 aromatic carbocycles. The molecule has 11 heteroatoms. The Morgan fingerprint density at radius 1 is 1.03 bits per heavy atom. The van der Waals surface area contributed by atoms with Crippen LogP contribution in [0.25, 0.3) is 0 Å². The minimum absolute atomic E-state index is 0.224. The van der Waals surface area contributed by atoms with Gasteiger partial charge in [0.25, 0.3) is 5.91 Å². The Kier molecular flexibility index (Phi) is 7.56. The molecule has 3 aromatic rings. The molecular formula is C27H24F3N5O3. The highest BCUT2D eigenvalue weighted by Crippen LogP contribution is 2.29. The number of carbonyl (C=O) groups is 3. The van der Waals surface area contributed by atoms with Crippen LogP contribution in [0.15, 0.2) is 77.9 Å². The maximum Gasteiger partial charge on any atom is 0.416 e. The van der Waals surface area contributed by atoms with Gasteiger partial charge in [-0.15, -0.1) is 0 Å². The molecule has 2 N–H and O–H groups in total. The number of benzodiazepines with no additional fused rings is 1. The molecule has 1 aliphatic rings. The summed E-state index contributed by atoms with van der Waals surface area (Å²) in [5.74, 6) is -1.71. The molecule has 196 valence electrons. The standard InChI is InChI=1S/C27H24F3N5O3/c1-16(32-22(36)15-17-10-12-18(13-11-17)27(28,29)30)25(37)34-24-26(38)35(2)21-9-4-3-7-19(21)23(33-24)20-8-5-6-14-31-20/h3-14,16,24H,15H2,1-2H3,(H,32,36)(H,34,37)/t16-,24?/m0/s1. The number of halogens is 3. The highest BCUT2D eigenvalue weighted by Gasteiger charge is 2.33. The van der Waals surface area contributed by atoms with Crippen LogP contribution >= 0.6 is 0 Å². The second-order valence-corrected chi connectivity index (χ2v) is 8.68. The Morgan fingerprint density at radius 3 is 2.37 bits per heavy atom. The van der Waals surface area contributed by atoms with Gasteiger partial charge in [-0.3, -0.25) is 19.4 Å². The van der Waals surface area contributed by atoms with Gasteiger partial charge in [0.1, 0.15) is 6.04 Å². The fourth-order valence-corrected chi connectivity index (χ4v) is 3.94. The van der Waals surface area contributed by atoms with Gasteiger partial charge in [-0.05, 0) is 42.8 Å². The first-order valence-corrected chi connectivity index (χ1v) is 11.7. The van der Waals surface area contributed by atoms with E-state index in [1.54, 1.807) is 49.6 Å². The molecule has 4 rings (SSSR count). The Hall–Kier alpha value is -4.54. The zero-order valence-corrected chi connectivity index (χ0v) is 20.5. The normalized spacial score (nSPS) is 16.1. The van der Waals surface area contributed by atoms with Crippen molar-refractivity contribution in [2.45, 2.75) is 31.7 Å². The number of aliphatic imine (C=N–C) groups is 1. The first-order valence-electron chi connectivity index (χ1n) is 11.7. The molecule has 1 aliphatic heterocycles. The molecule has 3 amide bonds. The molecule has 38 heavy (non-hydrogen) atoms. The molecule has 0 saturated carbocycles. The molecule has 0 fully saturated rings. The number of anilines is 1. The number of rotatable bonds is 6. The summed E-state index contributed by atoms with van der Waals surface area (Å²) in [5.41, 5.74) is 1.72. The first kappa shape index (κ1) is 26.5. The number of benzene rings is 2. The van der Waals surface area contributed by atoms with Gasteiger partial charge in [0, 0.05) is 18.8 Å². The second-order valence-electron chi connectivity index (χ2n) is 8.68. The predicted molar refractivity (Wildman–Crippen MR) is 134 cm³/mol. The average molecular weight is 524 g/mol. The van der Waals surface area contributed by atoms with Crippen molar-refractivity contribution in [2.24, 2.45) is 4.99 Å². The van der Waals surface area contributed by atoms with Crippen LogP contribution < -0.4 is 15.5 Å². The summed E-state index contributed by atoms with van der Waals surface area (Å²) in [4.78, 5) is 48.9. The fraction of sp³-hybridized carbons (Fsp3) is 0.222. The van der Waals surface area contributed by atoms with E-state index < -0.39 is 41.7 Å². The quantitative estimate of drug-likeness (QED) is 0.518. The van der Waals surface area contributed by atoms with Gasteiger partial charge >= 0.3 is 6.18 Å². The first-order chi connectivity index (χ1) is 18.0. The van der Waals surface area contributed by atoms with Gasteiger partial charge in [0.2, 0.25) is 18.0 Å². The van der Waals surface area contributed by atoms with Crippen molar-refractivity contribution in [3.63, 3.8) is 0 Å². The third-order valence-electron chi connectivity index (χ3n) is 5.95. The Bertz CT molecular complexity index is 1370. The fourth-order valence-electron chi connectivity index (χ4n) is 3.94. The highest BCUT2D eigenvalue weighted by molar-refractivity contribution is 6.19. The third kappa shape index (κ3) is 5.88. The van der Waals surface area contributed by atoms with Crippen LogP contribution in [0.4, 0.5) is 18.9 Å². The van der Waals surface area contributed by atoms with Crippen molar-refractivity contribution in [1.82, 2.24) is 15.6 Å². The van der Waals surface area contributed by atoms with Crippen LogP contribution in [-0.4, -0.2) is 47.7 Å². The lowest BCUT2D eigenvalue weighted by molar-refractivity contribution is -0.137. The maximum atomic E-state index is 13.2. The molecular weight excluding hydrogens is 499 g/mol. The van der Waals surface area contributed by atoms with E-state index in [1.807, 2.05) is 6.07 Å². The number of hydrogen-bond donors (Lipinski definition) is 2. The van der Waals surface area contributed by atoms with Gasteiger partial charge in [-0.1, -0.05) is 36.4 Å². The topological polar surface area (TPSA) is 104 Å². The molecule has 0 radical (unpaired) electrons. The van der Waals surface area contributed by atoms with E-state index >= 15 is 0 Å². The van der Waals surface area contributed by atoms with Gasteiger partial charge < -0.3 is 15.5 Å². The maximum absolute atomic E-state index is 13.2. The summed E-state index contributed by atoms with van der Waals surface area (Å²) in [6, 6.07) is 15.6. The van der Waals surface area contributed by atoms with Gasteiger partial charge in [-0.25, -0.2) is 4.99 Å². The van der Waals surface area contributed by atoms with Crippen LogP contribution in [0.3, 0.4) is 0 Å². The summed E-state index contributed by atoms with van der Waals surface area (Å²) in [5, 5.41) is 5.09. The van der Waals surface area contributed by atoms with E-state index in [0.29, 0.717) is 28.2 Å². The molecule has 2 heterocycles. The molecule has 1 unspecified atom stereocenters. The van der Waals surface area contributed by atoms with E-state index in [2.05, 4.69) is 20.6 Å². The van der Waals surface area contributed by atoms with Crippen LogP contribution in [0.5, 0.6) is 0 Å². The lowest BCUT2D eigenvalue weighted by atomic mass is 10.0. The van der Waals surface area contributed by atoms with E-state index in [0.717, 1.165) is 12.1 Å². The summed E-state index contributed by atoms with van der Waals surface area (Å²) >= 11 is 0. The Balaban J connectivity index is 1.48. The number of hydrogen-bond acceptors (Lipinski definition) is 5. The molecule has 0 saturated heterocycles. The zero-order chi connectivity index (χ0) is 27.4. The number of alkyl halides is 3. The number of pyridine rings is 1. The summed E-state index contributed by atoms with van der Waals surface area (Å²) in [6.45, 7) is 1.43. The molecule has 0 spiro atoms. The molecule has 0 aliphatic carbocycles. The SMILES string of the molecule is C[C@H](NC(=O)Cc1ccc(C(F)(F)F)cc1)C(=O)NC1N=C(c2ccccn2)c2ccccc2N(C)C1=O. The smallest absolute Gasteiger partial charge is 0.344 e. The molecule has 2 atom stereocenters. The third-order valence-corrected chi connectivity index (χ3v) is 5.95. The van der Waals surface area contributed by atoms with E-state index in [-0.39, 0.29) is 6.42 Å². The van der Waals surface area contributed by atoms with Crippen LogP contribution in [0.1, 0.15) is 29.3 Å². The van der Waals surface area contributed by atoms with Crippen molar-refractivity contribution >= 4 is 29.1 Å². The Labute approximate surface area is 216 Å². The Morgan fingerprint density at radius 2 is 1.71 bits per heavy atom. The van der Waals surface area contributed by atoms with Gasteiger partial charge in [0.05, 0.1) is 29.1 Å². The largest absolute Gasteiger partial charge is 0.416 e. The van der Waals surface area contributed by atoms with Crippen molar-refractivity contribution in [1.29, 1.82) is 0 Å². The number of para-hydroxylation sites is 1. The molecule has 0 bridgehead atoms. The molecule has 8 nitrogen and oxygen atoms in total. The lowest BCUT2D eigenvalue weighted by Gasteiger charge is -2.22. The average Bonchev–Trinajstić information content (AvgIpc) is 2.99. The zero-order valence-electron chi connectivity index (χ0n) is 20.5. The van der Waals surface area contributed by atoms with Crippen molar-refractivity contribution in [2.75, 3.05) is 11.9 Å². The summed E-state index contributed by atoms with van der Waals surface area (Å²) in [7, 11) is 1.58. The minimum atomic E-state index is -4.48. The van der Waals surface area contributed by atoms with E-state index in [4.69, 9.17) is 0 Å². The van der Waals surface area contributed by atoms with Crippen molar-refractivity contribution < 1.29 is 27.6 Å². The second kappa shape index (κ2) is 10.8. The summed E-state index contributed by atoms with van der Waals surface area (Å²) < 4.78 is 38.2. The molecule has 1 aromatic heterocycles. The van der Waals surface area contributed by atoms with Crippen molar-refractivity contribution in [3.8, 4) is 0 Å². The summed E-state index contributed by atoms with van der Waals surface area (Å²) in [6.07, 6.45) is -4.39.